The second-order valence-corrected chi connectivity index (χ2v) is 4.53. The highest BCUT2D eigenvalue weighted by molar-refractivity contribution is 6.33. The fourth-order valence-corrected chi connectivity index (χ4v) is 1.94. The second kappa shape index (κ2) is 6.25. The minimum atomic E-state index is -0.473. The van der Waals surface area contributed by atoms with Crippen LogP contribution in [-0.4, -0.2) is 12.0 Å². The molecule has 0 spiro atoms. The zero-order chi connectivity index (χ0) is 14.5. The molecule has 6 heteroatoms. The van der Waals surface area contributed by atoms with Crippen LogP contribution in [0.15, 0.2) is 42.5 Å². The molecule has 0 aliphatic heterocycles. The van der Waals surface area contributed by atoms with E-state index in [1.165, 1.54) is 12.1 Å². The molecule has 0 saturated carbocycles. The maximum absolute atomic E-state index is 10.6. The molecule has 0 atom stereocenters. The SMILES string of the molecule is COc1ccc(CNc2ccc([N+](=O)[O-])cc2Cl)cc1. The number of benzene rings is 2. The molecule has 0 unspecified atom stereocenters. The first kappa shape index (κ1) is 14.1. The van der Waals surface area contributed by atoms with Crippen molar-refractivity contribution in [3.63, 3.8) is 0 Å². The number of nitrogens with one attached hydrogen (secondary N) is 1. The molecule has 104 valence electrons. The predicted molar refractivity (Wildman–Crippen MR) is 78.4 cm³/mol. The standard InChI is InChI=1S/C14H13ClN2O3/c1-20-12-5-2-10(3-6-12)9-16-14-7-4-11(17(18)19)8-13(14)15/h2-8,16H,9H2,1H3. The summed E-state index contributed by atoms with van der Waals surface area (Å²) < 4.78 is 5.08. The third-order valence-electron chi connectivity index (χ3n) is 2.81. The molecule has 2 aromatic carbocycles. The number of anilines is 1. The van der Waals surface area contributed by atoms with Gasteiger partial charge in [-0.3, -0.25) is 10.1 Å². The van der Waals surface area contributed by atoms with E-state index in [0.717, 1.165) is 11.3 Å². The molecular weight excluding hydrogens is 280 g/mol. The van der Waals surface area contributed by atoms with Crippen molar-refractivity contribution < 1.29 is 9.66 Å². The van der Waals surface area contributed by atoms with E-state index in [2.05, 4.69) is 5.32 Å². The van der Waals surface area contributed by atoms with Gasteiger partial charge < -0.3 is 10.1 Å². The highest BCUT2D eigenvalue weighted by Crippen LogP contribution is 2.27. The lowest BCUT2D eigenvalue weighted by atomic mass is 10.2. The summed E-state index contributed by atoms with van der Waals surface area (Å²) in [6, 6.07) is 12.0. The number of nitro benzene ring substituents is 1. The van der Waals surface area contributed by atoms with Gasteiger partial charge in [-0.25, -0.2) is 0 Å². The quantitative estimate of drug-likeness (QED) is 0.671. The summed E-state index contributed by atoms with van der Waals surface area (Å²) in [5.74, 6) is 0.794. The summed E-state index contributed by atoms with van der Waals surface area (Å²) in [7, 11) is 1.61. The predicted octanol–water partition coefficient (Wildman–Crippen LogP) is 3.87. The molecule has 0 fully saturated rings. The van der Waals surface area contributed by atoms with Gasteiger partial charge >= 0.3 is 0 Å². The van der Waals surface area contributed by atoms with Gasteiger partial charge in [0.2, 0.25) is 0 Å². The van der Waals surface area contributed by atoms with Crippen LogP contribution in [0.2, 0.25) is 5.02 Å². The van der Waals surface area contributed by atoms with E-state index in [-0.39, 0.29) is 5.69 Å². The summed E-state index contributed by atoms with van der Waals surface area (Å²) in [5, 5.41) is 14.1. The number of nitro groups is 1. The van der Waals surface area contributed by atoms with Crippen LogP contribution in [0, 0.1) is 10.1 Å². The first-order chi connectivity index (χ1) is 9.60. The smallest absolute Gasteiger partial charge is 0.271 e. The van der Waals surface area contributed by atoms with Gasteiger partial charge in [0.05, 0.1) is 22.7 Å². The largest absolute Gasteiger partial charge is 0.497 e. The summed E-state index contributed by atoms with van der Waals surface area (Å²) in [6.45, 7) is 0.571. The molecule has 0 aliphatic carbocycles. The first-order valence-corrected chi connectivity index (χ1v) is 6.28. The number of nitrogens with zero attached hydrogens (tertiary/aromatic N) is 1. The Hall–Kier alpha value is -2.27. The number of halogens is 1. The highest BCUT2D eigenvalue weighted by Gasteiger charge is 2.09. The van der Waals surface area contributed by atoms with Crippen LogP contribution in [0.1, 0.15) is 5.56 Å². The highest BCUT2D eigenvalue weighted by atomic mass is 35.5. The van der Waals surface area contributed by atoms with Gasteiger partial charge in [0, 0.05) is 18.7 Å². The van der Waals surface area contributed by atoms with E-state index in [1.807, 2.05) is 24.3 Å². The molecular formula is C14H13ClN2O3. The van der Waals surface area contributed by atoms with Gasteiger partial charge in [-0.1, -0.05) is 23.7 Å². The van der Waals surface area contributed by atoms with Crippen molar-refractivity contribution in [3.05, 3.63) is 63.2 Å². The van der Waals surface area contributed by atoms with Crippen molar-refractivity contribution in [2.45, 2.75) is 6.54 Å². The van der Waals surface area contributed by atoms with Gasteiger partial charge in [0.25, 0.3) is 5.69 Å². The van der Waals surface area contributed by atoms with Crippen molar-refractivity contribution in [1.82, 2.24) is 0 Å². The minimum Gasteiger partial charge on any atom is -0.497 e. The van der Waals surface area contributed by atoms with Crippen LogP contribution in [0.5, 0.6) is 5.75 Å². The van der Waals surface area contributed by atoms with E-state index in [0.29, 0.717) is 17.3 Å². The third-order valence-corrected chi connectivity index (χ3v) is 3.12. The lowest BCUT2D eigenvalue weighted by Gasteiger charge is -2.09. The molecule has 0 amide bonds. The average Bonchev–Trinajstić information content (AvgIpc) is 2.46. The monoisotopic (exact) mass is 292 g/mol. The number of ether oxygens (including phenoxy) is 1. The molecule has 0 heterocycles. The fourth-order valence-electron chi connectivity index (χ4n) is 1.70. The minimum absolute atomic E-state index is 0.0232. The summed E-state index contributed by atoms with van der Waals surface area (Å²) in [5.41, 5.74) is 1.69. The Morgan fingerprint density at radius 3 is 2.50 bits per heavy atom. The summed E-state index contributed by atoms with van der Waals surface area (Å²) in [6.07, 6.45) is 0. The number of hydrogen-bond acceptors (Lipinski definition) is 4. The Bertz CT molecular complexity index is 614. The Morgan fingerprint density at radius 2 is 1.95 bits per heavy atom. The van der Waals surface area contributed by atoms with Crippen LogP contribution in [0.4, 0.5) is 11.4 Å². The maximum atomic E-state index is 10.6. The number of hydrogen-bond donors (Lipinski definition) is 1. The van der Waals surface area contributed by atoms with Crippen LogP contribution in [-0.2, 0) is 6.54 Å². The molecule has 0 bridgehead atoms. The van der Waals surface area contributed by atoms with Gasteiger partial charge in [0.1, 0.15) is 5.75 Å². The van der Waals surface area contributed by atoms with Crippen molar-refractivity contribution in [1.29, 1.82) is 0 Å². The lowest BCUT2D eigenvalue weighted by molar-refractivity contribution is -0.384. The van der Waals surface area contributed by atoms with E-state index in [4.69, 9.17) is 16.3 Å². The fraction of sp³-hybridized carbons (Fsp3) is 0.143. The van der Waals surface area contributed by atoms with Crippen molar-refractivity contribution in [3.8, 4) is 5.75 Å². The van der Waals surface area contributed by atoms with Crippen molar-refractivity contribution in [2.24, 2.45) is 0 Å². The zero-order valence-corrected chi connectivity index (χ0v) is 11.6. The van der Waals surface area contributed by atoms with Gasteiger partial charge in [0.15, 0.2) is 0 Å². The van der Waals surface area contributed by atoms with E-state index in [1.54, 1.807) is 13.2 Å². The first-order valence-electron chi connectivity index (χ1n) is 5.91. The van der Waals surface area contributed by atoms with E-state index >= 15 is 0 Å². The summed E-state index contributed by atoms with van der Waals surface area (Å²) >= 11 is 6.00. The van der Waals surface area contributed by atoms with Gasteiger partial charge in [-0.15, -0.1) is 0 Å². The Labute approximate surface area is 121 Å². The zero-order valence-electron chi connectivity index (χ0n) is 10.8. The van der Waals surface area contributed by atoms with Crippen molar-refractivity contribution in [2.75, 3.05) is 12.4 Å². The van der Waals surface area contributed by atoms with Crippen LogP contribution < -0.4 is 10.1 Å². The molecule has 20 heavy (non-hydrogen) atoms. The molecule has 0 aliphatic rings. The van der Waals surface area contributed by atoms with Crippen LogP contribution in [0.3, 0.4) is 0 Å². The Kier molecular flexibility index (Phi) is 4.42. The van der Waals surface area contributed by atoms with E-state index in [9.17, 15) is 10.1 Å². The topological polar surface area (TPSA) is 64.4 Å². The average molecular weight is 293 g/mol. The van der Waals surface area contributed by atoms with E-state index < -0.39 is 4.92 Å². The normalized spacial score (nSPS) is 10.1. The number of methoxy groups -OCH3 is 1. The molecule has 2 aromatic rings. The van der Waals surface area contributed by atoms with Crippen LogP contribution >= 0.6 is 11.6 Å². The van der Waals surface area contributed by atoms with Gasteiger partial charge in [-0.2, -0.15) is 0 Å². The lowest BCUT2D eigenvalue weighted by Crippen LogP contribution is -2.00. The number of rotatable bonds is 5. The Morgan fingerprint density at radius 1 is 1.25 bits per heavy atom. The number of non-ortho nitro benzene ring substituents is 1. The third kappa shape index (κ3) is 3.39. The molecule has 0 radical (unpaired) electrons. The Balaban J connectivity index is 2.04. The molecule has 5 nitrogen and oxygen atoms in total. The second-order valence-electron chi connectivity index (χ2n) is 4.12. The molecule has 0 aromatic heterocycles. The summed E-state index contributed by atoms with van der Waals surface area (Å²) in [4.78, 5) is 10.1. The molecule has 1 N–H and O–H groups in total. The maximum Gasteiger partial charge on any atom is 0.271 e. The van der Waals surface area contributed by atoms with Crippen LogP contribution in [0.25, 0.3) is 0 Å². The van der Waals surface area contributed by atoms with Crippen molar-refractivity contribution >= 4 is 23.0 Å². The van der Waals surface area contributed by atoms with Gasteiger partial charge in [-0.05, 0) is 23.8 Å². The molecule has 0 saturated heterocycles. The molecule has 2 rings (SSSR count).